The number of amides is 1. The number of aryl methyl sites for hydroxylation is 1. The van der Waals surface area contributed by atoms with E-state index in [9.17, 15) is 35.9 Å². The highest BCUT2D eigenvalue weighted by Gasteiger charge is 2.61. The SMILES string of the molecule is CC.CCCCC(C)c1ccc(OC)c(-c2cccc3c(C)cccc23)c1OC.O=C(O)CNC(=O)C1(C(F)(F)F)CCN(CC(F)(F)F)CC1. The molecule has 284 valence electrons. The van der Waals surface area contributed by atoms with Crippen LogP contribution in [0.15, 0.2) is 48.5 Å². The molecule has 2 N–H and O–H groups in total. The number of benzene rings is 3. The Kier molecular flexibility index (Phi) is 16.1. The van der Waals surface area contributed by atoms with Gasteiger partial charge >= 0.3 is 18.3 Å². The number of nitrogens with one attached hydrogen (secondary N) is 1. The summed E-state index contributed by atoms with van der Waals surface area (Å²) in [4.78, 5) is 22.8. The fourth-order valence-electron chi connectivity index (χ4n) is 6.28. The van der Waals surface area contributed by atoms with E-state index in [-0.39, 0.29) is 0 Å². The summed E-state index contributed by atoms with van der Waals surface area (Å²) in [5, 5.41) is 12.5. The van der Waals surface area contributed by atoms with Gasteiger partial charge in [0.2, 0.25) is 5.91 Å². The number of carboxylic acids is 1. The molecule has 1 fully saturated rings. The van der Waals surface area contributed by atoms with Gasteiger partial charge in [-0.15, -0.1) is 0 Å². The number of ether oxygens (including phenoxy) is 2. The van der Waals surface area contributed by atoms with Gasteiger partial charge in [-0.2, -0.15) is 26.3 Å². The predicted molar refractivity (Wildman–Crippen MR) is 187 cm³/mol. The quantitative estimate of drug-likeness (QED) is 0.191. The van der Waals surface area contributed by atoms with Crippen molar-refractivity contribution in [3.8, 4) is 22.6 Å². The average Bonchev–Trinajstić information content (AvgIpc) is 3.09. The monoisotopic (exact) mass is 728 g/mol. The number of alkyl halides is 6. The summed E-state index contributed by atoms with van der Waals surface area (Å²) in [5.74, 6) is -0.797. The fraction of sp³-hybridized carbons (Fsp3) is 0.526. The van der Waals surface area contributed by atoms with E-state index < -0.39 is 68.7 Å². The molecule has 3 aromatic carbocycles. The van der Waals surface area contributed by atoms with E-state index in [0.717, 1.165) is 33.9 Å². The van der Waals surface area contributed by atoms with Crippen molar-refractivity contribution in [3.05, 3.63) is 59.7 Å². The highest BCUT2D eigenvalue weighted by atomic mass is 19.4. The molecule has 0 spiro atoms. The number of carboxylic acid groups (broad SMARTS) is 1. The summed E-state index contributed by atoms with van der Waals surface area (Å²) in [6.45, 7) is 7.24. The van der Waals surface area contributed by atoms with Gasteiger partial charge in [0, 0.05) is 0 Å². The second-order valence-electron chi connectivity index (χ2n) is 12.3. The number of likely N-dealkylation sites (tertiary alicyclic amines) is 1. The average molecular weight is 729 g/mol. The van der Waals surface area contributed by atoms with Gasteiger partial charge in [0.1, 0.15) is 23.5 Å². The Hall–Kier alpha value is -4.00. The number of hydrogen-bond acceptors (Lipinski definition) is 5. The molecule has 1 unspecified atom stereocenters. The molecule has 0 saturated carbocycles. The van der Waals surface area contributed by atoms with E-state index >= 15 is 0 Å². The van der Waals surface area contributed by atoms with Crippen LogP contribution in [0.5, 0.6) is 11.5 Å². The zero-order chi connectivity index (χ0) is 38.6. The van der Waals surface area contributed by atoms with Gasteiger partial charge in [0.15, 0.2) is 0 Å². The van der Waals surface area contributed by atoms with Crippen LogP contribution in [0, 0.1) is 12.3 Å². The van der Waals surface area contributed by atoms with E-state index in [1.165, 1.54) is 34.7 Å². The number of carbonyl (C=O) groups is 2. The van der Waals surface area contributed by atoms with E-state index in [1.807, 2.05) is 13.8 Å². The minimum Gasteiger partial charge on any atom is -0.496 e. The summed E-state index contributed by atoms with van der Waals surface area (Å²) in [5.41, 5.74) is 1.89. The fourth-order valence-corrected chi connectivity index (χ4v) is 6.28. The maximum absolute atomic E-state index is 13.2. The van der Waals surface area contributed by atoms with Gasteiger partial charge in [-0.1, -0.05) is 83.0 Å². The Morgan fingerprint density at radius 3 is 2.08 bits per heavy atom. The normalized spacial score (nSPS) is 15.1. The number of unbranched alkanes of at least 4 members (excludes halogenated alkanes) is 1. The molecule has 3 aromatic rings. The molecule has 1 amide bonds. The molecule has 4 rings (SSSR count). The Balaban J connectivity index is 0.000000344. The standard InChI is InChI=1S/C25H30O2.C11H14F6N2O3.C2H6/c1-6-7-10-18(3)20-15-16-23(26-4)24(25(20)27-5)22-14-9-12-19-17(2)11-8-13-21(19)22;12-10(13,14)6-19-3-1-9(2-4-19,11(15,16)17)8(22)18-5-7(20)21;1-2/h8-9,11-16,18H,6-7,10H2,1-5H3;1-6H2,(H,18,22)(H,20,21);1-2H3. The van der Waals surface area contributed by atoms with Crippen LogP contribution in [0.25, 0.3) is 21.9 Å². The van der Waals surface area contributed by atoms with Gasteiger partial charge in [-0.05, 0) is 78.7 Å². The zero-order valence-electron chi connectivity index (χ0n) is 30.4. The van der Waals surface area contributed by atoms with Crippen molar-refractivity contribution >= 4 is 22.6 Å². The number of halogens is 6. The number of nitrogens with zero attached hydrogens (tertiary/aromatic N) is 1. The molecule has 7 nitrogen and oxygen atoms in total. The van der Waals surface area contributed by atoms with Crippen molar-refractivity contribution in [2.45, 2.75) is 85.0 Å². The van der Waals surface area contributed by atoms with Gasteiger partial charge in [-0.25, -0.2) is 0 Å². The molecule has 0 radical (unpaired) electrons. The second-order valence-corrected chi connectivity index (χ2v) is 12.3. The second kappa shape index (κ2) is 19.0. The molecule has 0 bridgehead atoms. The first kappa shape index (κ1) is 43.2. The third kappa shape index (κ3) is 11.0. The van der Waals surface area contributed by atoms with Crippen LogP contribution in [0.4, 0.5) is 26.3 Å². The summed E-state index contributed by atoms with van der Waals surface area (Å²) < 4.78 is 88.0. The summed E-state index contributed by atoms with van der Waals surface area (Å²) in [6.07, 6.45) is -7.62. The van der Waals surface area contributed by atoms with Crippen LogP contribution < -0.4 is 14.8 Å². The van der Waals surface area contributed by atoms with E-state index in [4.69, 9.17) is 14.6 Å². The van der Waals surface area contributed by atoms with Crippen LogP contribution in [0.1, 0.15) is 76.8 Å². The highest BCUT2D eigenvalue weighted by Crippen LogP contribution is 2.48. The van der Waals surface area contributed by atoms with E-state index in [1.54, 1.807) is 19.5 Å². The lowest BCUT2D eigenvalue weighted by Crippen LogP contribution is -2.57. The number of hydrogen-bond donors (Lipinski definition) is 2. The van der Waals surface area contributed by atoms with Crippen molar-refractivity contribution in [1.82, 2.24) is 10.2 Å². The lowest BCUT2D eigenvalue weighted by atomic mass is 9.76. The molecular formula is C38H50F6N2O5. The van der Waals surface area contributed by atoms with Crippen molar-refractivity contribution < 1.29 is 50.5 Å². The Labute approximate surface area is 296 Å². The molecule has 0 aromatic heterocycles. The molecule has 51 heavy (non-hydrogen) atoms. The summed E-state index contributed by atoms with van der Waals surface area (Å²) in [6, 6.07) is 17.2. The van der Waals surface area contributed by atoms with Crippen LogP contribution in [0.2, 0.25) is 0 Å². The summed E-state index contributed by atoms with van der Waals surface area (Å²) in [7, 11) is 3.50. The molecule has 1 atom stereocenters. The van der Waals surface area contributed by atoms with E-state index in [0.29, 0.717) is 5.92 Å². The Morgan fingerprint density at radius 1 is 0.941 bits per heavy atom. The van der Waals surface area contributed by atoms with Crippen molar-refractivity contribution in [2.24, 2.45) is 5.41 Å². The smallest absolute Gasteiger partial charge is 0.403 e. The van der Waals surface area contributed by atoms with Crippen molar-refractivity contribution in [3.63, 3.8) is 0 Å². The van der Waals surface area contributed by atoms with Gasteiger partial charge in [-0.3, -0.25) is 14.5 Å². The minimum absolute atomic E-state index is 0.446. The number of methoxy groups -OCH3 is 2. The van der Waals surface area contributed by atoms with Gasteiger partial charge < -0.3 is 19.9 Å². The largest absolute Gasteiger partial charge is 0.496 e. The molecular weight excluding hydrogens is 678 g/mol. The first-order valence-electron chi connectivity index (χ1n) is 17.1. The molecule has 1 saturated heterocycles. The van der Waals surface area contributed by atoms with Crippen LogP contribution >= 0.6 is 0 Å². The Bertz CT molecular complexity index is 1580. The number of aliphatic carboxylic acids is 1. The maximum atomic E-state index is 13.2. The maximum Gasteiger partial charge on any atom is 0.403 e. The molecule has 1 heterocycles. The van der Waals surface area contributed by atoms with Gasteiger partial charge in [0.05, 0.1) is 26.3 Å². The van der Waals surface area contributed by atoms with Crippen LogP contribution in [-0.4, -0.2) is 74.6 Å². The number of carbonyl (C=O) groups excluding carboxylic acids is 1. The minimum atomic E-state index is -4.97. The van der Waals surface area contributed by atoms with Gasteiger partial charge in [0.25, 0.3) is 0 Å². The third-order valence-electron chi connectivity index (χ3n) is 8.99. The highest BCUT2D eigenvalue weighted by molar-refractivity contribution is 6.01. The topological polar surface area (TPSA) is 88.1 Å². The molecule has 1 aliphatic heterocycles. The lowest BCUT2D eigenvalue weighted by Gasteiger charge is -2.41. The molecule has 1 aliphatic rings. The van der Waals surface area contributed by atoms with Crippen LogP contribution in [0.3, 0.4) is 0 Å². The zero-order valence-corrected chi connectivity index (χ0v) is 30.4. The Morgan fingerprint density at radius 2 is 1.55 bits per heavy atom. The predicted octanol–water partition coefficient (Wildman–Crippen LogP) is 9.55. The first-order valence-corrected chi connectivity index (χ1v) is 17.1. The molecule has 13 heteroatoms. The molecule has 0 aliphatic carbocycles. The number of piperidine rings is 1. The van der Waals surface area contributed by atoms with E-state index in [2.05, 4.69) is 69.3 Å². The van der Waals surface area contributed by atoms with Crippen molar-refractivity contribution in [1.29, 1.82) is 0 Å². The van der Waals surface area contributed by atoms with Crippen molar-refractivity contribution in [2.75, 3.05) is 40.4 Å². The number of rotatable bonds is 11. The third-order valence-corrected chi connectivity index (χ3v) is 8.99. The van der Waals surface area contributed by atoms with Crippen LogP contribution in [-0.2, 0) is 9.59 Å². The summed E-state index contributed by atoms with van der Waals surface area (Å²) >= 11 is 0. The number of fused-ring (bicyclic) bond motifs is 1. The first-order chi connectivity index (χ1) is 24.0. The lowest BCUT2D eigenvalue weighted by molar-refractivity contribution is -0.236.